The molecule has 7 heteroatoms. The maximum Gasteiger partial charge on any atom is 0.191 e. The highest BCUT2D eigenvalue weighted by molar-refractivity contribution is 5.79. The standard InChI is InChI=1S/C24H41N5O2/c1-5-25-24(26-16-20(4)29-12-10-28(6-2)11-13-29)27-17-21-8-7-19(3)15-23(21)31-22-9-14-30-18-22/h7-8,15,20,22H,5-6,9-14,16-18H2,1-4H3,(H2,25,26,27). The van der Waals surface area contributed by atoms with E-state index in [1.54, 1.807) is 0 Å². The van der Waals surface area contributed by atoms with Gasteiger partial charge in [-0.2, -0.15) is 0 Å². The number of aryl methyl sites for hydroxylation is 1. The molecule has 1 aromatic carbocycles. The third kappa shape index (κ3) is 7.37. The van der Waals surface area contributed by atoms with Gasteiger partial charge < -0.3 is 25.0 Å². The van der Waals surface area contributed by atoms with Gasteiger partial charge in [0, 0.05) is 57.3 Å². The molecule has 0 bridgehead atoms. The fourth-order valence-corrected chi connectivity index (χ4v) is 4.09. The van der Waals surface area contributed by atoms with Gasteiger partial charge in [0.25, 0.3) is 0 Å². The second-order valence-electron chi connectivity index (χ2n) is 8.61. The minimum absolute atomic E-state index is 0.143. The van der Waals surface area contributed by atoms with Gasteiger partial charge in [-0.05, 0) is 38.9 Å². The van der Waals surface area contributed by atoms with Crippen molar-refractivity contribution in [2.45, 2.75) is 52.8 Å². The van der Waals surface area contributed by atoms with Crippen LogP contribution in [0, 0.1) is 6.92 Å². The van der Waals surface area contributed by atoms with Gasteiger partial charge in [-0.3, -0.25) is 4.90 Å². The zero-order chi connectivity index (χ0) is 22.1. The molecule has 0 saturated carbocycles. The highest BCUT2D eigenvalue weighted by Crippen LogP contribution is 2.24. The quantitative estimate of drug-likeness (QED) is 0.462. The molecule has 0 aromatic heterocycles. The van der Waals surface area contributed by atoms with E-state index in [1.165, 1.54) is 5.56 Å². The molecule has 2 N–H and O–H groups in total. The van der Waals surface area contributed by atoms with E-state index in [-0.39, 0.29) is 6.10 Å². The lowest BCUT2D eigenvalue weighted by Crippen LogP contribution is -2.53. The van der Waals surface area contributed by atoms with Crippen LogP contribution in [0.15, 0.2) is 23.2 Å². The van der Waals surface area contributed by atoms with E-state index >= 15 is 0 Å². The summed E-state index contributed by atoms with van der Waals surface area (Å²) in [6.45, 7) is 18.3. The van der Waals surface area contributed by atoms with Gasteiger partial charge in [-0.15, -0.1) is 0 Å². The SMILES string of the molecule is CCNC(=NCc1ccc(C)cc1OC1CCOC1)NCC(C)N1CCN(CC)CC1. The lowest BCUT2D eigenvalue weighted by atomic mass is 10.1. The molecule has 31 heavy (non-hydrogen) atoms. The summed E-state index contributed by atoms with van der Waals surface area (Å²) in [6, 6.07) is 6.84. The fourth-order valence-electron chi connectivity index (χ4n) is 4.09. The summed E-state index contributed by atoms with van der Waals surface area (Å²) in [5.74, 6) is 1.79. The molecule has 2 heterocycles. The summed E-state index contributed by atoms with van der Waals surface area (Å²) in [7, 11) is 0. The zero-order valence-electron chi connectivity index (χ0n) is 19.8. The Morgan fingerprint density at radius 1 is 1.23 bits per heavy atom. The summed E-state index contributed by atoms with van der Waals surface area (Å²) >= 11 is 0. The Hall–Kier alpha value is -1.83. The Kier molecular flexibility index (Phi) is 9.43. The van der Waals surface area contributed by atoms with Crippen molar-refractivity contribution in [2.75, 3.05) is 59.0 Å². The number of rotatable bonds is 9. The lowest BCUT2D eigenvalue weighted by Gasteiger charge is -2.37. The van der Waals surface area contributed by atoms with Crippen molar-refractivity contribution in [1.29, 1.82) is 0 Å². The fraction of sp³-hybridized carbons (Fsp3) is 0.708. The zero-order valence-corrected chi connectivity index (χ0v) is 19.8. The van der Waals surface area contributed by atoms with E-state index in [0.717, 1.165) is 76.1 Å². The first-order valence-corrected chi connectivity index (χ1v) is 11.9. The number of hydrogen-bond acceptors (Lipinski definition) is 5. The van der Waals surface area contributed by atoms with Crippen molar-refractivity contribution < 1.29 is 9.47 Å². The van der Waals surface area contributed by atoms with Gasteiger partial charge in [0.2, 0.25) is 0 Å². The first-order chi connectivity index (χ1) is 15.1. The van der Waals surface area contributed by atoms with Crippen molar-refractivity contribution >= 4 is 5.96 Å². The highest BCUT2D eigenvalue weighted by Gasteiger charge is 2.21. The first kappa shape index (κ1) is 23.8. The van der Waals surface area contributed by atoms with E-state index in [2.05, 4.69) is 66.3 Å². The van der Waals surface area contributed by atoms with Crippen molar-refractivity contribution in [3.05, 3.63) is 29.3 Å². The molecular weight excluding hydrogens is 390 g/mol. The average molecular weight is 432 g/mol. The normalized spacial score (nSPS) is 21.8. The second-order valence-corrected chi connectivity index (χ2v) is 8.61. The molecule has 2 saturated heterocycles. The maximum absolute atomic E-state index is 6.23. The average Bonchev–Trinajstić information content (AvgIpc) is 3.29. The van der Waals surface area contributed by atoms with Gasteiger partial charge in [0.05, 0.1) is 19.8 Å². The molecule has 2 aliphatic rings. The number of piperazine rings is 1. The lowest BCUT2D eigenvalue weighted by molar-refractivity contribution is 0.107. The van der Waals surface area contributed by atoms with Crippen LogP contribution >= 0.6 is 0 Å². The molecule has 2 unspecified atom stereocenters. The van der Waals surface area contributed by atoms with E-state index in [1.807, 2.05) is 0 Å². The van der Waals surface area contributed by atoms with Crippen LogP contribution in [0.1, 0.15) is 38.3 Å². The molecule has 2 atom stereocenters. The van der Waals surface area contributed by atoms with Crippen molar-refractivity contribution in [2.24, 2.45) is 4.99 Å². The number of nitrogens with one attached hydrogen (secondary N) is 2. The van der Waals surface area contributed by atoms with Crippen LogP contribution in [-0.2, 0) is 11.3 Å². The van der Waals surface area contributed by atoms with Crippen LogP contribution in [0.2, 0.25) is 0 Å². The number of ether oxygens (including phenoxy) is 2. The van der Waals surface area contributed by atoms with E-state index < -0.39 is 0 Å². The monoisotopic (exact) mass is 431 g/mol. The number of aliphatic imine (C=N–C) groups is 1. The summed E-state index contributed by atoms with van der Waals surface area (Å²) < 4.78 is 11.7. The predicted molar refractivity (Wildman–Crippen MR) is 127 cm³/mol. The van der Waals surface area contributed by atoms with Crippen LogP contribution in [0.5, 0.6) is 5.75 Å². The Morgan fingerprint density at radius 2 is 2.03 bits per heavy atom. The Balaban J connectivity index is 1.56. The first-order valence-electron chi connectivity index (χ1n) is 11.9. The summed E-state index contributed by atoms with van der Waals surface area (Å²) in [5.41, 5.74) is 2.31. The van der Waals surface area contributed by atoms with E-state index in [0.29, 0.717) is 19.2 Å². The molecule has 174 valence electrons. The molecule has 2 aliphatic heterocycles. The molecule has 7 nitrogen and oxygen atoms in total. The van der Waals surface area contributed by atoms with Crippen LogP contribution in [0.25, 0.3) is 0 Å². The molecule has 3 rings (SSSR count). The van der Waals surface area contributed by atoms with Crippen LogP contribution in [0.3, 0.4) is 0 Å². The number of hydrogen-bond donors (Lipinski definition) is 2. The predicted octanol–water partition coefficient (Wildman–Crippen LogP) is 2.24. The van der Waals surface area contributed by atoms with Crippen LogP contribution in [-0.4, -0.2) is 86.9 Å². The van der Waals surface area contributed by atoms with E-state index in [9.17, 15) is 0 Å². The largest absolute Gasteiger partial charge is 0.488 e. The van der Waals surface area contributed by atoms with Crippen LogP contribution < -0.4 is 15.4 Å². The molecule has 0 aliphatic carbocycles. The third-order valence-electron chi connectivity index (χ3n) is 6.20. The highest BCUT2D eigenvalue weighted by atomic mass is 16.5. The Morgan fingerprint density at radius 3 is 2.71 bits per heavy atom. The minimum Gasteiger partial charge on any atom is -0.488 e. The van der Waals surface area contributed by atoms with Crippen molar-refractivity contribution in [3.63, 3.8) is 0 Å². The number of nitrogens with zero attached hydrogens (tertiary/aromatic N) is 3. The van der Waals surface area contributed by atoms with Crippen LogP contribution in [0.4, 0.5) is 0 Å². The van der Waals surface area contributed by atoms with Gasteiger partial charge in [0.1, 0.15) is 11.9 Å². The Bertz CT molecular complexity index is 697. The second kappa shape index (κ2) is 12.3. The third-order valence-corrected chi connectivity index (χ3v) is 6.20. The molecule has 0 radical (unpaired) electrons. The number of guanidine groups is 1. The molecule has 0 spiro atoms. The summed E-state index contributed by atoms with van der Waals surface area (Å²) in [4.78, 5) is 9.93. The van der Waals surface area contributed by atoms with Gasteiger partial charge in [-0.25, -0.2) is 4.99 Å². The van der Waals surface area contributed by atoms with Crippen molar-refractivity contribution in [3.8, 4) is 5.75 Å². The molecule has 2 fully saturated rings. The molecule has 0 amide bonds. The maximum atomic E-state index is 6.23. The van der Waals surface area contributed by atoms with Gasteiger partial charge in [0.15, 0.2) is 5.96 Å². The number of benzene rings is 1. The van der Waals surface area contributed by atoms with Crippen molar-refractivity contribution in [1.82, 2.24) is 20.4 Å². The molecule has 1 aromatic rings. The topological polar surface area (TPSA) is 61.4 Å². The van der Waals surface area contributed by atoms with E-state index in [4.69, 9.17) is 14.5 Å². The van der Waals surface area contributed by atoms with Gasteiger partial charge >= 0.3 is 0 Å². The van der Waals surface area contributed by atoms with Gasteiger partial charge in [-0.1, -0.05) is 19.1 Å². The number of likely N-dealkylation sites (N-methyl/N-ethyl adjacent to an activating group) is 1. The minimum atomic E-state index is 0.143. The Labute approximate surface area is 188 Å². The summed E-state index contributed by atoms with van der Waals surface area (Å²) in [5, 5.41) is 6.92. The smallest absolute Gasteiger partial charge is 0.191 e. The summed E-state index contributed by atoms with van der Waals surface area (Å²) in [6.07, 6.45) is 1.09. The molecular formula is C24H41N5O2.